The van der Waals surface area contributed by atoms with Crippen LogP contribution in [0.25, 0.3) is 11.1 Å². The monoisotopic (exact) mass is 326 g/mol. The summed E-state index contributed by atoms with van der Waals surface area (Å²) in [5, 5.41) is 2.53. The van der Waals surface area contributed by atoms with Crippen molar-refractivity contribution in [2.75, 3.05) is 27.2 Å². The highest BCUT2D eigenvalue weighted by Crippen LogP contribution is 2.21. The lowest BCUT2D eigenvalue weighted by Gasteiger charge is -2.17. The molecule has 0 aliphatic carbocycles. The molecular weight excluding hydrogens is 304 g/mol. The third-order valence-corrected chi connectivity index (χ3v) is 3.70. The number of nitrogens with one attached hydrogen (secondary N) is 1. The van der Waals surface area contributed by atoms with Gasteiger partial charge in [-0.15, -0.1) is 0 Å². The van der Waals surface area contributed by atoms with E-state index in [1.165, 1.54) is 4.90 Å². The van der Waals surface area contributed by atoms with Gasteiger partial charge in [0.1, 0.15) is 5.75 Å². The summed E-state index contributed by atoms with van der Waals surface area (Å²) in [5.41, 5.74) is 2.23. The van der Waals surface area contributed by atoms with Crippen LogP contribution in [0.5, 0.6) is 5.75 Å². The second-order valence-electron chi connectivity index (χ2n) is 5.42. The lowest BCUT2D eigenvalue weighted by atomic mass is 10.1. The van der Waals surface area contributed by atoms with Gasteiger partial charge in [0, 0.05) is 27.1 Å². The van der Waals surface area contributed by atoms with Gasteiger partial charge in [-0.1, -0.05) is 42.5 Å². The molecule has 0 saturated carbocycles. The second-order valence-corrected chi connectivity index (χ2v) is 5.42. The van der Waals surface area contributed by atoms with Gasteiger partial charge in [-0.25, -0.2) is 0 Å². The number of ether oxygens (including phenoxy) is 1. The van der Waals surface area contributed by atoms with Crippen molar-refractivity contribution < 1.29 is 14.3 Å². The quantitative estimate of drug-likeness (QED) is 0.849. The summed E-state index contributed by atoms with van der Waals surface area (Å²) < 4.78 is 5.52. The highest BCUT2D eigenvalue weighted by molar-refractivity contribution is 5.79. The van der Waals surface area contributed by atoms with Crippen molar-refractivity contribution >= 4 is 11.8 Å². The van der Waals surface area contributed by atoms with Crippen LogP contribution in [0.2, 0.25) is 0 Å². The smallest absolute Gasteiger partial charge is 0.260 e. The molecule has 126 valence electrons. The number of rotatable bonds is 7. The maximum absolute atomic E-state index is 12.0. The Morgan fingerprint density at radius 3 is 2.25 bits per heavy atom. The summed E-state index contributed by atoms with van der Waals surface area (Å²) in [6.07, 6.45) is 0.282. The van der Waals surface area contributed by atoms with Crippen molar-refractivity contribution in [2.45, 2.75) is 6.42 Å². The first-order valence-electron chi connectivity index (χ1n) is 7.83. The Morgan fingerprint density at radius 1 is 1.00 bits per heavy atom. The molecule has 1 N–H and O–H groups in total. The molecule has 2 aromatic carbocycles. The predicted molar refractivity (Wildman–Crippen MR) is 93.7 cm³/mol. The summed E-state index contributed by atoms with van der Waals surface area (Å²) in [6, 6.07) is 17.7. The highest BCUT2D eigenvalue weighted by atomic mass is 16.5. The summed E-state index contributed by atoms with van der Waals surface area (Å²) >= 11 is 0. The molecule has 2 rings (SSSR count). The molecule has 2 aromatic rings. The number of benzene rings is 2. The minimum Gasteiger partial charge on any atom is -0.484 e. The zero-order chi connectivity index (χ0) is 17.4. The van der Waals surface area contributed by atoms with Crippen LogP contribution >= 0.6 is 0 Å². The Bertz CT molecular complexity index is 669. The lowest BCUT2D eigenvalue weighted by molar-refractivity contribution is -0.132. The molecule has 0 atom stereocenters. The number of carbonyl (C=O) groups excluding carboxylic acids is 2. The molecule has 2 amide bonds. The molecule has 0 fully saturated rings. The third-order valence-electron chi connectivity index (χ3n) is 3.70. The molecule has 0 unspecified atom stereocenters. The van der Waals surface area contributed by atoms with E-state index in [1.807, 2.05) is 54.6 Å². The first-order chi connectivity index (χ1) is 11.6. The SMILES string of the molecule is CNC(=O)CCN(C)C(=O)COc1ccc(-c2ccccc2)cc1. The van der Waals surface area contributed by atoms with E-state index in [0.29, 0.717) is 12.3 Å². The summed E-state index contributed by atoms with van der Waals surface area (Å²) in [4.78, 5) is 24.7. The van der Waals surface area contributed by atoms with Crippen LogP contribution in [0.15, 0.2) is 54.6 Å². The molecule has 5 heteroatoms. The molecule has 0 spiro atoms. The van der Waals surface area contributed by atoms with Gasteiger partial charge in [0.15, 0.2) is 6.61 Å². The van der Waals surface area contributed by atoms with E-state index in [9.17, 15) is 9.59 Å². The Hall–Kier alpha value is -2.82. The maximum atomic E-state index is 12.0. The van der Waals surface area contributed by atoms with Crippen LogP contribution in [0.1, 0.15) is 6.42 Å². The summed E-state index contributed by atoms with van der Waals surface area (Å²) in [7, 11) is 3.24. The lowest BCUT2D eigenvalue weighted by Crippen LogP contribution is -2.34. The molecule has 5 nitrogen and oxygen atoms in total. The van der Waals surface area contributed by atoms with Crippen LogP contribution in [-0.4, -0.2) is 44.0 Å². The van der Waals surface area contributed by atoms with Crippen molar-refractivity contribution in [2.24, 2.45) is 0 Å². The van der Waals surface area contributed by atoms with Crippen molar-refractivity contribution in [3.05, 3.63) is 54.6 Å². The topological polar surface area (TPSA) is 58.6 Å². The van der Waals surface area contributed by atoms with Gasteiger partial charge in [0.05, 0.1) is 0 Å². The number of hydrogen-bond donors (Lipinski definition) is 1. The van der Waals surface area contributed by atoms with Gasteiger partial charge in [0.2, 0.25) is 5.91 Å². The molecule has 0 saturated heterocycles. The molecule has 24 heavy (non-hydrogen) atoms. The Kier molecular flexibility index (Phi) is 6.37. The highest BCUT2D eigenvalue weighted by Gasteiger charge is 2.11. The average molecular weight is 326 g/mol. The van der Waals surface area contributed by atoms with Gasteiger partial charge in [0.25, 0.3) is 5.91 Å². The van der Waals surface area contributed by atoms with Crippen LogP contribution in [0.3, 0.4) is 0 Å². The zero-order valence-corrected chi connectivity index (χ0v) is 14.0. The van der Waals surface area contributed by atoms with Gasteiger partial charge in [-0.05, 0) is 23.3 Å². The molecule has 0 bridgehead atoms. The molecule has 0 radical (unpaired) electrons. The fraction of sp³-hybridized carbons (Fsp3) is 0.263. The van der Waals surface area contributed by atoms with Gasteiger partial charge in [-0.3, -0.25) is 9.59 Å². The standard InChI is InChI=1S/C19H22N2O3/c1-20-18(22)12-13-21(2)19(23)14-24-17-10-8-16(9-11-17)15-6-4-3-5-7-15/h3-11H,12-14H2,1-2H3,(H,20,22). The van der Waals surface area contributed by atoms with Crippen molar-refractivity contribution in [3.8, 4) is 16.9 Å². The summed E-state index contributed by atoms with van der Waals surface area (Å²) in [5.74, 6) is 0.390. The van der Waals surface area contributed by atoms with Crippen LogP contribution in [-0.2, 0) is 9.59 Å². The largest absolute Gasteiger partial charge is 0.484 e. The minimum atomic E-state index is -0.161. The Morgan fingerprint density at radius 2 is 1.62 bits per heavy atom. The van der Waals surface area contributed by atoms with Crippen LogP contribution in [0.4, 0.5) is 0 Å². The molecule has 0 aliphatic rings. The van der Waals surface area contributed by atoms with E-state index in [2.05, 4.69) is 5.32 Å². The first-order valence-corrected chi connectivity index (χ1v) is 7.83. The van der Waals surface area contributed by atoms with E-state index in [4.69, 9.17) is 4.74 Å². The average Bonchev–Trinajstić information content (AvgIpc) is 2.64. The second kappa shape index (κ2) is 8.72. The molecule has 0 aromatic heterocycles. The first kappa shape index (κ1) is 17.5. The van der Waals surface area contributed by atoms with E-state index in [1.54, 1.807) is 14.1 Å². The Labute approximate surface area is 142 Å². The van der Waals surface area contributed by atoms with E-state index in [-0.39, 0.29) is 24.8 Å². The number of amides is 2. The van der Waals surface area contributed by atoms with E-state index < -0.39 is 0 Å². The van der Waals surface area contributed by atoms with Gasteiger partial charge < -0.3 is 15.0 Å². The third kappa shape index (κ3) is 5.12. The van der Waals surface area contributed by atoms with Crippen molar-refractivity contribution in [1.29, 1.82) is 0 Å². The predicted octanol–water partition coefficient (Wildman–Crippen LogP) is 2.33. The Balaban J connectivity index is 1.83. The number of carbonyl (C=O) groups is 2. The minimum absolute atomic E-state index is 0.0467. The van der Waals surface area contributed by atoms with Crippen LogP contribution in [0, 0.1) is 0 Å². The maximum Gasteiger partial charge on any atom is 0.260 e. The molecular formula is C19H22N2O3. The van der Waals surface area contributed by atoms with Crippen LogP contribution < -0.4 is 10.1 Å². The van der Waals surface area contributed by atoms with E-state index >= 15 is 0 Å². The van der Waals surface area contributed by atoms with Gasteiger partial charge >= 0.3 is 0 Å². The zero-order valence-electron chi connectivity index (χ0n) is 14.0. The van der Waals surface area contributed by atoms with E-state index in [0.717, 1.165) is 11.1 Å². The number of nitrogens with zero attached hydrogens (tertiary/aromatic N) is 1. The van der Waals surface area contributed by atoms with Gasteiger partial charge in [-0.2, -0.15) is 0 Å². The molecule has 0 aliphatic heterocycles. The number of hydrogen-bond acceptors (Lipinski definition) is 3. The molecule has 0 heterocycles. The fourth-order valence-corrected chi connectivity index (χ4v) is 2.15. The van der Waals surface area contributed by atoms with Crippen molar-refractivity contribution in [3.63, 3.8) is 0 Å². The number of likely N-dealkylation sites (N-methyl/N-ethyl adjacent to an activating group) is 1. The fourth-order valence-electron chi connectivity index (χ4n) is 2.15. The normalized spacial score (nSPS) is 10.1. The summed E-state index contributed by atoms with van der Waals surface area (Å²) in [6.45, 7) is 0.323. The van der Waals surface area contributed by atoms with Crippen molar-refractivity contribution in [1.82, 2.24) is 10.2 Å².